The molecule has 154 valence electrons. The lowest BCUT2D eigenvalue weighted by Crippen LogP contribution is -2.20. The van der Waals surface area contributed by atoms with E-state index in [0.717, 1.165) is 38.3 Å². The van der Waals surface area contributed by atoms with Gasteiger partial charge < -0.3 is 0 Å². The molecule has 0 aliphatic carbocycles. The Labute approximate surface area is 188 Å². The average Bonchev–Trinajstić information content (AvgIpc) is 3.14. The van der Waals surface area contributed by atoms with Crippen LogP contribution in [0.5, 0.6) is 0 Å². The first-order valence-corrected chi connectivity index (χ1v) is 11.3. The first kappa shape index (κ1) is 19.8. The number of pyridine rings is 2. The van der Waals surface area contributed by atoms with Gasteiger partial charge >= 0.3 is 0 Å². The molecule has 5 rings (SSSR count). The second-order valence-electron chi connectivity index (χ2n) is 7.25. The van der Waals surface area contributed by atoms with E-state index in [1.165, 1.54) is 0 Å². The number of aromatic nitrogens is 4. The number of aryl methyl sites for hydroxylation is 1. The molecule has 0 atom stereocenters. The summed E-state index contributed by atoms with van der Waals surface area (Å²) in [5.41, 5.74) is 3.62. The van der Waals surface area contributed by atoms with Gasteiger partial charge in [-0.2, -0.15) is 5.10 Å². The summed E-state index contributed by atoms with van der Waals surface area (Å²) in [7, 11) is 1.89. The second kappa shape index (κ2) is 7.87. The van der Waals surface area contributed by atoms with Gasteiger partial charge in [0.1, 0.15) is 0 Å². The van der Waals surface area contributed by atoms with Crippen molar-refractivity contribution in [3.05, 3.63) is 82.4 Å². The predicted octanol–water partition coefficient (Wildman–Crippen LogP) is 5.70. The van der Waals surface area contributed by atoms with E-state index in [1.807, 2.05) is 61.9 Å². The lowest BCUT2D eigenvalue weighted by atomic mass is 10.0. The molecule has 0 radical (unpaired) electrons. The fourth-order valence-corrected chi connectivity index (χ4v) is 4.50. The summed E-state index contributed by atoms with van der Waals surface area (Å²) in [5, 5.41) is 7.83. The Morgan fingerprint density at radius 1 is 1.00 bits per heavy atom. The van der Waals surface area contributed by atoms with Crippen LogP contribution in [-0.2, 0) is 7.05 Å². The van der Waals surface area contributed by atoms with Gasteiger partial charge in [0, 0.05) is 40.9 Å². The molecule has 31 heavy (non-hydrogen) atoms. The van der Waals surface area contributed by atoms with Crippen molar-refractivity contribution in [2.24, 2.45) is 7.05 Å². The van der Waals surface area contributed by atoms with Crippen molar-refractivity contribution in [2.75, 3.05) is 5.75 Å². The third-order valence-electron chi connectivity index (χ3n) is 5.14. The van der Waals surface area contributed by atoms with Gasteiger partial charge in [0.25, 0.3) is 5.56 Å². The van der Waals surface area contributed by atoms with Crippen LogP contribution in [-0.4, -0.2) is 25.1 Å². The fraction of sp³-hybridized carbons (Fsp3) is 0.125. The number of hydrogen-bond donors (Lipinski definition) is 0. The second-order valence-corrected chi connectivity index (χ2v) is 8.97. The van der Waals surface area contributed by atoms with E-state index >= 15 is 0 Å². The minimum atomic E-state index is -0.121. The van der Waals surface area contributed by atoms with Crippen LogP contribution in [0.15, 0.2) is 76.8 Å². The van der Waals surface area contributed by atoms with E-state index in [4.69, 9.17) is 16.6 Å². The maximum absolute atomic E-state index is 13.7. The van der Waals surface area contributed by atoms with Crippen molar-refractivity contribution in [3.63, 3.8) is 0 Å². The maximum Gasteiger partial charge on any atom is 0.265 e. The summed E-state index contributed by atoms with van der Waals surface area (Å²) < 4.78 is 3.46. The van der Waals surface area contributed by atoms with Crippen LogP contribution in [0.25, 0.3) is 38.6 Å². The highest BCUT2D eigenvalue weighted by Crippen LogP contribution is 2.29. The molecule has 0 saturated carbocycles. The lowest BCUT2D eigenvalue weighted by molar-refractivity contribution is 0.780. The molecule has 0 N–H and O–H groups in total. The van der Waals surface area contributed by atoms with Gasteiger partial charge in [-0.05, 0) is 53.8 Å². The molecule has 0 fully saturated rings. The zero-order valence-corrected chi connectivity index (χ0v) is 18.6. The molecule has 5 aromatic rings. The molecule has 5 nitrogen and oxygen atoms in total. The molecule has 0 aliphatic heterocycles. The molecule has 0 bridgehead atoms. The number of halogens is 1. The number of rotatable bonds is 4. The molecule has 2 aromatic carbocycles. The third kappa shape index (κ3) is 3.62. The van der Waals surface area contributed by atoms with E-state index < -0.39 is 0 Å². The van der Waals surface area contributed by atoms with E-state index in [2.05, 4.69) is 12.0 Å². The quantitative estimate of drug-likeness (QED) is 0.332. The molecule has 0 saturated heterocycles. The van der Waals surface area contributed by atoms with Crippen molar-refractivity contribution in [3.8, 4) is 16.8 Å². The van der Waals surface area contributed by atoms with Crippen LogP contribution in [0.4, 0.5) is 0 Å². The Kier molecular flexibility index (Phi) is 5.04. The van der Waals surface area contributed by atoms with Crippen LogP contribution in [0, 0.1) is 0 Å². The topological polar surface area (TPSA) is 52.7 Å². The minimum Gasteiger partial charge on any atom is -0.283 e. The Morgan fingerprint density at radius 2 is 1.81 bits per heavy atom. The van der Waals surface area contributed by atoms with Crippen molar-refractivity contribution >= 4 is 45.2 Å². The number of nitrogens with zero attached hydrogens (tertiary/aromatic N) is 4. The van der Waals surface area contributed by atoms with Crippen LogP contribution in [0.3, 0.4) is 0 Å². The maximum atomic E-state index is 13.7. The summed E-state index contributed by atoms with van der Waals surface area (Å²) in [6, 6.07) is 17.2. The van der Waals surface area contributed by atoms with Gasteiger partial charge in [-0.1, -0.05) is 30.7 Å². The Morgan fingerprint density at radius 3 is 2.58 bits per heavy atom. The highest BCUT2D eigenvalue weighted by atomic mass is 35.5. The molecule has 7 heteroatoms. The van der Waals surface area contributed by atoms with Crippen molar-refractivity contribution < 1.29 is 0 Å². The highest BCUT2D eigenvalue weighted by Gasteiger charge is 2.16. The molecule has 0 unspecified atom stereocenters. The fourth-order valence-electron chi connectivity index (χ4n) is 3.76. The number of fused-ring (bicyclic) bond motifs is 2. The smallest absolute Gasteiger partial charge is 0.265 e. The predicted molar refractivity (Wildman–Crippen MR) is 128 cm³/mol. The van der Waals surface area contributed by atoms with Gasteiger partial charge in [-0.25, -0.2) is 4.98 Å². The first-order valence-electron chi connectivity index (χ1n) is 9.92. The Bertz CT molecular complexity index is 1490. The van der Waals surface area contributed by atoms with Crippen LogP contribution >= 0.6 is 23.4 Å². The van der Waals surface area contributed by atoms with Crippen molar-refractivity contribution in [1.29, 1.82) is 0 Å². The average molecular weight is 447 g/mol. The van der Waals surface area contributed by atoms with Gasteiger partial charge in [-0.15, -0.1) is 11.8 Å². The van der Waals surface area contributed by atoms with Crippen LogP contribution in [0.2, 0.25) is 5.02 Å². The van der Waals surface area contributed by atoms with E-state index in [-0.39, 0.29) is 5.56 Å². The molecule has 3 heterocycles. The Balaban J connectivity index is 1.81. The van der Waals surface area contributed by atoms with Gasteiger partial charge in [0.05, 0.1) is 21.6 Å². The van der Waals surface area contributed by atoms with Gasteiger partial charge in [-0.3, -0.25) is 14.0 Å². The van der Waals surface area contributed by atoms with E-state index in [9.17, 15) is 4.79 Å². The molecular formula is C24H19ClN4OS. The summed E-state index contributed by atoms with van der Waals surface area (Å²) >= 11 is 7.75. The monoisotopic (exact) mass is 446 g/mol. The molecule has 3 aromatic heterocycles. The van der Waals surface area contributed by atoms with Crippen LogP contribution in [0.1, 0.15) is 6.92 Å². The van der Waals surface area contributed by atoms with E-state index in [0.29, 0.717) is 16.1 Å². The van der Waals surface area contributed by atoms with Crippen LogP contribution < -0.4 is 5.56 Å². The zero-order valence-electron chi connectivity index (χ0n) is 17.0. The van der Waals surface area contributed by atoms with Gasteiger partial charge in [0.2, 0.25) is 0 Å². The molecule has 0 aliphatic rings. The number of benzene rings is 2. The Hall–Kier alpha value is -3.09. The van der Waals surface area contributed by atoms with Gasteiger partial charge in [0.15, 0.2) is 0 Å². The third-order valence-corrected chi connectivity index (χ3v) is 6.21. The summed E-state index contributed by atoms with van der Waals surface area (Å²) in [6.07, 6.45) is 3.81. The molecule has 0 amide bonds. The van der Waals surface area contributed by atoms with Crippen molar-refractivity contribution in [2.45, 2.75) is 11.9 Å². The normalized spacial score (nSPS) is 11.5. The standard InChI is InChI=1S/C24H19ClN4OS/c1-3-31-21-11-6-16-14-29(19-9-10-20-17(12-19)13-28(2)27-20)24(30)22(23(16)26-21)15-4-7-18(25)8-5-15/h4-14H,3H2,1-2H3. The van der Waals surface area contributed by atoms with E-state index in [1.54, 1.807) is 33.1 Å². The first-order chi connectivity index (χ1) is 15.0. The largest absolute Gasteiger partial charge is 0.283 e. The molecule has 0 spiro atoms. The highest BCUT2D eigenvalue weighted by molar-refractivity contribution is 7.99. The lowest BCUT2D eigenvalue weighted by Gasteiger charge is -2.13. The van der Waals surface area contributed by atoms with Crippen molar-refractivity contribution in [1.82, 2.24) is 19.3 Å². The summed E-state index contributed by atoms with van der Waals surface area (Å²) in [4.78, 5) is 18.6. The number of thioether (sulfide) groups is 1. The summed E-state index contributed by atoms with van der Waals surface area (Å²) in [6.45, 7) is 2.09. The minimum absolute atomic E-state index is 0.121. The summed E-state index contributed by atoms with van der Waals surface area (Å²) in [5.74, 6) is 0.914. The zero-order chi connectivity index (χ0) is 21.5. The molecular weight excluding hydrogens is 428 g/mol. The number of hydrogen-bond acceptors (Lipinski definition) is 4. The SMILES string of the molecule is CCSc1ccc2cn(-c3ccc4nn(C)cc4c3)c(=O)c(-c3ccc(Cl)cc3)c2n1.